The summed E-state index contributed by atoms with van der Waals surface area (Å²) in [7, 11) is 1.64. The van der Waals surface area contributed by atoms with Crippen molar-refractivity contribution < 1.29 is 14.6 Å². The van der Waals surface area contributed by atoms with Gasteiger partial charge in [-0.15, -0.1) is 0 Å². The molecule has 3 rings (SSSR count). The van der Waals surface area contributed by atoms with Crippen LogP contribution in [-0.2, 0) is 4.79 Å². The average Bonchev–Trinajstić information content (AvgIpc) is 3.40. The summed E-state index contributed by atoms with van der Waals surface area (Å²) in [4.78, 5) is 12.3. The van der Waals surface area contributed by atoms with Gasteiger partial charge in [-0.2, -0.15) is 0 Å². The molecule has 4 nitrogen and oxygen atoms in total. The Morgan fingerprint density at radius 3 is 2.75 bits per heavy atom. The lowest BCUT2D eigenvalue weighted by atomic mass is 10.1. The number of para-hydroxylation sites is 1. The number of carbonyl (C=O) groups excluding carboxylic acids is 1. The van der Waals surface area contributed by atoms with Gasteiger partial charge in [0.2, 0.25) is 5.91 Å². The first kappa shape index (κ1) is 16.8. The molecule has 0 bridgehead atoms. The summed E-state index contributed by atoms with van der Waals surface area (Å²) in [5, 5.41) is 13.5. The number of aliphatic hydroxyl groups excluding tert-OH is 1. The second-order valence-electron chi connectivity index (χ2n) is 5.97. The summed E-state index contributed by atoms with van der Waals surface area (Å²) >= 11 is 6.06. The molecule has 2 aromatic carbocycles. The fraction of sp³-hybridized carbons (Fsp3) is 0.316. The van der Waals surface area contributed by atoms with E-state index in [0.29, 0.717) is 10.6 Å². The Bertz CT molecular complexity index is 734. The maximum atomic E-state index is 12.3. The molecule has 0 aliphatic heterocycles. The SMILES string of the molecule is COc1ccccc1C1CC1C(=O)NCC(O)c1ccccc1Cl. The number of rotatable bonds is 6. The van der Waals surface area contributed by atoms with Crippen LogP contribution in [0.4, 0.5) is 0 Å². The van der Waals surface area contributed by atoms with Crippen molar-refractivity contribution in [2.45, 2.75) is 18.4 Å². The third-order valence-corrected chi connectivity index (χ3v) is 4.74. The van der Waals surface area contributed by atoms with E-state index < -0.39 is 6.10 Å². The molecule has 1 amide bonds. The molecule has 3 unspecified atom stereocenters. The second kappa shape index (κ2) is 7.24. The standard InChI is InChI=1S/C19H20ClNO3/c1-24-18-9-5-3-6-12(18)14-10-15(14)19(23)21-11-17(22)13-7-2-4-8-16(13)20/h2-9,14-15,17,22H,10-11H2,1H3,(H,21,23). The van der Waals surface area contributed by atoms with Gasteiger partial charge in [0.15, 0.2) is 0 Å². The predicted molar refractivity (Wildman–Crippen MR) is 93.3 cm³/mol. The molecule has 0 saturated heterocycles. The molecule has 0 spiro atoms. The first-order valence-corrected chi connectivity index (χ1v) is 8.32. The van der Waals surface area contributed by atoms with Crippen LogP contribution in [-0.4, -0.2) is 24.7 Å². The third kappa shape index (κ3) is 3.55. The fourth-order valence-electron chi connectivity index (χ4n) is 2.98. The largest absolute Gasteiger partial charge is 0.496 e. The molecule has 0 aromatic heterocycles. The van der Waals surface area contributed by atoms with Crippen LogP contribution in [0.1, 0.15) is 29.6 Å². The first-order valence-electron chi connectivity index (χ1n) is 7.95. The van der Waals surface area contributed by atoms with Crippen molar-refractivity contribution in [1.82, 2.24) is 5.32 Å². The molecule has 5 heteroatoms. The molecule has 1 aliphatic carbocycles. The van der Waals surface area contributed by atoms with E-state index in [9.17, 15) is 9.90 Å². The van der Waals surface area contributed by atoms with Gasteiger partial charge in [-0.05, 0) is 30.0 Å². The van der Waals surface area contributed by atoms with Crippen molar-refractivity contribution >= 4 is 17.5 Å². The first-order chi connectivity index (χ1) is 11.6. The second-order valence-corrected chi connectivity index (χ2v) is 6.38. The van der Waals surface area contributed by atoms with E-state index in [1.54, 1.807) is 25.3 Å². The lowest BCUT2D eigenvalue weighted by Crippen LogP contribution is -2.30. The van der Waals surface area contributed by atoms with E-state index >= 15 is 0 Å². The number of methoxy groups -OCH3 is 1. The summed E-state index contributed by atoms with van der Waals surface area (Å²) in [5.41, 5.74) is 1.68. The number of benzene rings is 2. The zero-order valence-corrected chi connectivity index (χ0v) is 14.2. The Morgan fingerprint density at radius 1 is 1.29 bits per heavy atom. The summed E-state index contributed by atoms with van der Waals surface area (Å²) in [6, 6.07) is 14.9. The minimum atomic E-state index is -0.814. The Morgan fingerprint density at radius 2 is 2.00 bits per heavy atom. The van der Waals surface area contributed by atoms with E-state index in [-0.39, 0.29) is 24.3 Å². The fourth-order valence-corrected chi connectivity index (χ4v) is 3.25. The molecule has 1 saturated carbocycles. The number of aliphatic hydroxyl groups is 1. The molecule has 2 N–H and O–H groups in total. The highest BCUT2D eigenvalue weighted by atomic mass is 35.5. The third-order valence-electron chi connectivity index (χ3n) is 4.40. The summed E-state index contributed by atoms with van der Waals surface area (Å²) in [6.07, 6.45) is -0.0138. The normalized spacial score (nSPS) is 20.3. The number of hydrogen-bond donors (Lipinski definition) is 2. The molecule has 2 aromatic rings. The molecule has 0 radical (unpaired) electrons. The van der Waals surface area contributed by atoms with Gasteiger partial charge in [-0.3, -0.25) is 4.79 Å². The highest BCUT2D eigenvalue weighted by molar-refractivity contribution is 6.31. The van der Waals surface area contributed by atoms with Gasteiger partial charge in [0.25, 0.3) is 0 Å². The topological polar surface area (TPSA) is 58.6 Å². The van der Waals surface area contributed by atoms with Gasteiger partial charge in [0.1, 0.15) is 5.75 Å². The van der Waals surface area contributed by atoms with Crippen LogP contribution < -0.4 is 10.1 Å². The van der Waals surface area contributed by atoms with Gasteiger partial charge < -0.3 is 15.2 Å². The van der Waals surface area contributed by atoms with Crippen LogP contribution in [0, 0.1) is 5.92 Å². The van der Waals surface area contributed by atoms with Gasteiger partial charge >= 0.3 is 0 Å². The molecule has 1 fully saturated rings. The Labute approximate surface area is 146 Å². The molecular weight excluding hydrogens is 326 g/mol. The van der Waals surface area contributed by atoms with Gasteiger partial charge in [-0.1, -0.05) is 48.0 Å². The number of hydrogen-bond acceptors (Lipinski definition) is 3. The van der Waals surface area contributed by atoms with Crippen molar-refractivity contribution in [1.29, 1.82) is 0 Å². The van der Waals surface area contributed by atoms with Crippen molar-refractivity contribution in [3.05, 3.63) is 64.7 Å². The minimum Gasteiger partial charge on any atom is -0.496 e. The zero-order valence-electron chi connectivity index (χ0n) is 13.4. The quantitative estimate of drug-likeness (QED) is 0.844. The Hall–Kier alpha value is -2.04. The Balaban J connectivity index is 1.56. The van der Waals surface area contributed by atoms with Crippen LogP contribution in [0.25, 0.3) is 0 Å². The van der Waals surface area contributed by atoms with Crippen LogP contribution in [0.5, 0.6) is 5.75 Å². The molecular formula is C19H20ClNO3. The van der Waals surface area contributed by atoms with Crippen molar-refractivity contribution in [2.75, 3.05) is 13.7 Å². The van der Waals surface area contributed by atoms with Crippen molar-refractivity contribution in [2.24, 2.45) is 5.92 Å². The summed E-state index contributed by atoms with van der Waals surface area (Å²) in [5.74, 6) is 0.879. The molecule has 0 heterocycles. The molecule has 3 atom stereocenters. The predicted octanol–water partition coefficient (Wildman–Crippen LogP) is 3.30. The van der Waals surface area contributed by atoms with Crippen molar-refractivity contribution in [3.63, 3.8) is 0 Å². The van der Waals surface area contributed by atoms with E-state index in [4.69, 9.17) is 16.3 Å². The lowest BCUT2D eigenvalue weighted by molar-refractivity contribution is -0.122. The van der Waals surface area contributed by atoms with Gasteiger partial charge in [0, 0.05) is 23.0 Å². The monoisotopic (exact) mass is 345 g/mol. The summed E-state index contributed by atoms with van der Waals surface area (Å²) in [6.45, 7) is 0.151. The van der Waals surface area contributed by atoms with Gasteiger partial charge in [0.05, 0.1) is 13.2 Å². The van der Waals surface area contributed by atoms with Gasteiger partial charge in [-0.25, -0.2) is 0 Å². The zero-order chi connectivity index (χ0) is 17.1. The Kier molecular flexibility index (Phi) is 5.07. The van der Waals surface area contributed by atoms with E-state index in [1.807, 2.05) is 30.3 Å². The highest BCUT2D eigenvalue weighted by Gasteiger charge is 2.45. The molecule has 126 valence electrons. The highest BCUT2D eigenvalue weighted by Crippen LogP contribution is 2.50. The maximum Gasteiger partial charge on any atom is 0.223 e. The number of halogens is 1. The van der Waals surface area contributed by atoms with Crippen LogP contribution in [0.15, 0.2) is 48.5 Å². The number of ether oxygens (including phenoxy) is 1. The van der Waals surface area contributed by atoms with E-state index in [2.05, 4.69) is 5.32 Å². The van der Waals surface area contributed by atoms with Crippen molar-refractivity contribution in [3.8, 4) is 5.75 Å². The number of nitrogens with one attached hydrogen (secondary N) is 1. The number of carbonyl (C=O) groups is 1. The minimum absolute atomic E-state index is 0.0444. The molecule has 24 heavy (non-hydrogen) atoms. The van der Waals surface area contributed by atoms with Crippen LogP contribution >= 0.6 is 11.6 Å². The lowest BCUT2D eigenvalue weighted by Gasteiger charge is -2.14. The molecule has 1 aliphatic rings. The average molecular weight is 346 g/mol. The summed E-state index contributed by atoms with van der Waals surface area (Å²) < 4.78 is 5.36. The van der Waals surface area contributed by atoms with Crippen LogP contribution in [0.2, 0.25) is 5.02 Å². The van der Waals surface area contributed by atoms with Crippen LogP contribution in [0.3, 0.4) is 0 Å². The number of amides is 1. The smallest absolute Gasteiger partial charge is 0.223 e. The van der Waals surface area contributed by atoms with E-state index in [1.165, 1.54) is 0 Å². The maximum absolute atomic E-state index is 12.3. The van der Waals surface area contributed by atoms with E-state index in [0.717, 1.165) is 17.7 Å².